The Balaban J connectivity index is 2.04. The zero-order chi connectivity index (χ0) is 12.4. The van der Waals surface area contributed by atoms with Crippen molar-refractivity contribution in [3.63, 3.8) is 0 Å². The number of nitrogens with one attached hydrogen (secondary N) is 1. The molecule has 1 saturated heterocycles. The van der Waals surface area contributed by atoms with Crippen molar-refractivity contribution in [2.24, 2.45) is 5.92 Å². The average Bonchev–Trinajstić information content (AvgIpc) is 2.47. The highest BCUT2D eigenvalue weighted by molar-refractivity contribution is 5.36. The van der Waals surface area contributed by atoms with E-state index in [2.05, 4.69) is 36.5 Å². The molecule has 2 atom stereocenters. The first-order valence-corrected chi connectivity index (χ1v) is 7.66. The highest BCUT2D eigenvalue weighted by atomic mass is 14.9. The molecule has 98 valence electrons. The van der Waals surface area contributed by atoms with Crippen LogP contribution in [-0.4, -0.2) is 13.1 Å². The standard InChI is InChI=1S/C17H25N/c1-2-14-7-3-4-9-16(14)17-10-6-5-8-15(17)13-18-12-11-17/h3-4,7,9,15,18H,2,5-6,8,10-13H2,1H3/t15-,17?/m0/s1. The number of hydrogen-bond acceptors (Lipinski definition) is 1. The van der Waals surface area contributed by atoms with Gasteiger partial charge in [-0.3, -0.25) is 0 Å². The summed E-state index contributed by atoms with van der Waals surface area (Å²) in [5.41, 5.74) is 3.76. The third-order valence-corrected chi connectivity index (χ3v) is 5.28. The Hall–Kier alpha value is -0.820. The minimum atomic E-state index is 0.496. The first-order valence-electron chi connectivity index (χ1n) is 7.66. The summed E-state index contributed by atoms with van der Waals surface area (Å²) < 4.78 is 0. The minimum Gasteiger partial charge on any atom is -0.316 e. The summed E-state index contributed by atoms with van der Waals surface area (Å²) in [6, 6.07) is 9.22. The number of benzene rings is 1. The van der Waals surface area contributed by atoms with Gasteiger partial charge in [-0.1, -0.05) is 44.0 Å². The Morgan fingerprint density at radius 1 is 1.22 bits per heavy atom. The first-order chi connectivity index (χ1) is 8.87. The van der Waals surface area contributed by atoms with Crippen LogP contribution >= 0.6 is 0 Å². The molecule has 1 N–H and O–H groups in total. The number of aryl methyl sites for hydroxylation is 1. The fourth-order valence-corrected chi connectivity index (χ4v) is 4.33. The Bertz CT molecular complexity index is 398. The largest absolute Gasteiger partial charge is 0.316 e. The second-order valence-corrected chi connectivity index (χ2v) is 6.06. The molecule has 1 aliphatic carbocycles. The Morgan fingerprint density at radius 3 is 3.00 bits per heavy atom. The zero-order valence-electron chi connectivity index (χ0n) is 11.5. The van der Waals surface area contributed by atoms with Crippen molar-refractivity contribution in [2.75, 3.05) is 13.1 Å². The molecule has 1 aromatic carbocycles. The van der Waals surface area contributed by atoms with Gasteiger partial charge in [-0.25, -0.2) is 0 Å². The van der Waals surface area contributed by atoms with Gasteiger partial charge in [0, 0.05) is 5.41 Å². The van der Waals surface area contributed by atoms with Gasteiger partial charge in [0.2, 0.25) is 0 Å². The molecule has 1 heterocycles. The van der Waals surface area contributed by atoms with E-state index in [-0.39, 0.29) is 0 Å². The van der Waals surface area contributed by atoms with Crippen LogP contribution in [0.2, 0.25) is 0 Å². The van der Waals surface area contributed by atoms with Gasteiger partial charge in [-0.15, -0.1) is 0 Å². The molecule has 2 aliphatic rings. The van der Waals surface area contributed by atoms with Gasteiger partial charge < -0.3 is 5.32 Å². The van der Waals surface area contributed by atoms with Crippen LogP contribution in [0.3, 0.4) is 0 Å². The van der Waals surface area contributed by atoms with E-state index in [1.165, 1.54) is 51.6 Å². The molecule has 0 spiro atoms. The second-order valence-electron chi connectivity index (χ2n) is 6.06. The maximum absolute atomic E-state index is 3.62. The molecule has 1 aliphatic heterocycles. The van der Waals surface area contributed by atoms with E-state index in [9.17, 15) is 0 Å². The zero-order valence-corrected chi connectivity index (χ0v) is 11.5. The molecule has 0 aromatic heterocycles. The SMILES string of the molecule is CCc1ccccc1C12CCCC[C@H]1CNCC2. The van der Waals surface area contributed by atoms with Crippen LogP contribution < -0.4 is 5.32 Å². The van der Waals surface area contributed by atoms with Crippen molar-refractivity contribution in [1.82, 2.24) is 5.32 Å². The van der Waals surface area contributed by atoms with Gasteiger partial charge in [-0.2, -0.15) is 0 Å². The highest BCUT2D eigenvalue weighted by Crippen LogP contribution is 2.48. The van der Waals surface area contributed by atoms with Crippen molar-refractivity contribution in [2.45, 2.75) is 50.9 Å². The van der Waals surface area contributed by atoms with Gasteiger partial charge in [0.25, 0.3) is 0 Å². The number of hydrogen-bond donors (Lipinski definition) is 1. The predicted octanol–water partition coefficient (Wildman–Crippen LogP) is 3.67. The molecule has 1 nitrogen and oxygen atoms in total. The smallest absolute Gasteiger partial charge is 0.000809 e. The van der Waals surface area contributed by atoms with Crippen LogP contribution in [0.4, 0.5) is 0 Å². The summed E-state index contributed by atoms with van der Waals surface area (Å²) in [5, 5.41) is 3.62. The summed E-state index contributed by atoms with van der Waals surface area (Å²) in [6.45, 7) is 4.74. The normalized spacial score (nSPS) is 31.9. The van der Waals surface area contributed by atoms with Gasteiger partial charge in [0.05, 0.1) is 0 Å². The maximum atomic E-state index is 3.62. The lowest BCUT2D eigenvalue weighted by Gasteiger charge is -2.49. The molecular weight excluding hydrogens is 218 g/mol. The summed E-state index contributed by atoms with van der Waals surface area (Å²) >= 11 is 0. The molecule has 1 heteroatoms. The van der Waals surface area contributed by atoms with E-state index < -0.39 is 0 Å². The Kier molecular flexibility index (Phi) is 3.43. The van der Waals surface area contributed by atoms with Crippen molar-refractivity contribution in [1.29, 1.82) is 0 Å². The fourth-order valence-electron chi connectivity index (χ4n) is 4.33. The lowest BCUT2D eigenvalue weighted by atomic mass is 9.58. The number of piperidine rings is 1. The first kappa shape index (κ1) is 12.2. The summed E-state index contributed by atoms with van der Waals surface area (Å²) in [6.07, 6.45) is 8.21. The van der Waals surface area contributed by atoms with Crippen molar-refractivity contribution >= 4 is 0 Å². The van der Waals surface area contributed by atoms with E-state index in [0.717, 1.165) is 5.92 Å². The van der Waals surface area contributed by atoms with E-state index in [1.807, 2.05) is 0 Å². The Labute approximate surface area is 111 Å². The van der Waals surface area contributed by atoms with Gasteiger partial charge in [-0.05, 0) is 55.8 Å². The molecule has 0 amide bonds. The number of rotatable bonds is 2. The quantitative estimate of drug-likeness (QED) is 0.835. The van der Waals surface area contributed by atoms with Gasteiger partial charge in [0.15, 0.2) is 0 Å². The molecule has 1 aromatic rings. The maximum Gasteiger partial charge on any atom is 0.000809 e. The van der Waals surface area contributed by atoms with Crippen LogP contribution in [0, 0.1) is 5.92 Å². The van der Waals surface area contributed by atoms with Crippen LogP contribution in [-0.2, 0) is 11.8 Å². The topological polar surface area (TPSA) is 12.0 Å². The molecule has 1 saturated carbocycles. The minimum absolute atomic E-state index is 0.496. The van der Waals surface area contributed by atoms with Crippen LogP contribution in [0.1, 0.15) is 50.2 Å². The molecule has 1 unspecified atom stereocenters. The monoisotopic (exact) mass is 243 g/mol. The highest BCUT2D eigenvalue weighted by Gasteiger charge is 2.44. The Morgan fingerprint density at radius 2 is 2.11 bits per heavy atom. The third kappa shape index (κ3) is 1.89. The van der Waals surface area contributed by atoms with Gasteiger partial charge >= 0.3 is 0 Å². The van der Waals surface area contributed by atoms with Crippen molar-refractivity contribution in [3.05, 3.63) is 35.4 Å². The van der Waals surface area contributed by atoms with E-state index in [4.69, 9.17) is 0 Å². The second kappa shape index (κ2) is 5.05. The molecule has 0 radical (unpaired) electrons. The molecule has 0 bridgehead atoms. The lowest BCUT2D eigenvalue weighted by Crippen LogP contribution is -2.50. The molecule has 3 rings (SSSR count). The van der Waals surface area contributed by atoms with Crippen LogP contribution in [0.5, 0.6) is 0 Å². The summed E-state index contributed by atoms with van der Waals surface area (Å²) in [5.74, 6) is 0.868. The van der Waals surface area contributed by atoms with Gasteiger partial charge in [0.1, 0.15) is 0 Å². The molecular formula is C17H25N. The average molecular weight is 243 g/mol. The van der Waals surface area contributed by atoms with Crippen molar-refractivity contribution in [3.8, 4) is 0 Å². The van der Waals surface area contributed by atoms with Crippen molar-refractivity contribution < 1.29 is 0 Å². The van der Waals surface area contributed by atoms with E-state index >= 15 is 0 Å². The van der Waals surface area contributed by atoms with Crippen LogP contribution in [0.15, 0.2) is 24.3 Å². The van der Waals surface area contributed by atoms with E-state index in [0.29, 0.717) is 5.41 Å². The lowest BCUT2D eigenvalue weighted by molar-refractivity contribution is 0.136. The fraction of sp³-hybridized carbons (Fsp3) is 0.647. The third-order valence-electron chi connectivity index (χ3n) is 5.28. The van der Waals surface area contributed by atoms with Crippen LogP contribution in [0.25, 0.3) is 0 Å². The van der Waals surface area contributed by atoms with E-state index in [1.54, 1.807) is 11.1 Å². The summed E-state index contributed by atoms with van der Waals surface area (Å²) in [4.78, 5) is 0. The summed E-state index contributed by atoms with van der Waals surface area (Å²) in [7, 11) is 0. The number of fused-ring (bicyclic) bond motifs is 1. The molecule has 2 fully saturated rings. The molecule has 18 heavy (non-hydrogen) atoms. The predicted molar refractivity (Wildman–Crippen MR) is 76.9 cm³/mol.